The van der Waals surface area contributed by atoms with E-state index in [2.05, 4.69) is 10.2 Å². The topological polar surface area (TPSA) is 73.2 Å². The van der Waals surface area contributed by atoms with E-state index in [1.165, 1.54) is 0 Å². The number of hydrogen-bond donors (Lipinski definition) is 1. The first-order valence-corrected chi connectivity index (χ1v) is 9.68. The molecule has 0 unspecified atom stereocenters. The van der Waals surface area contributed by atoms with Crippen LogP contribution in [0.1, 0.15) is 35.7 Å². The number of rotatable bonds is 7. The number of carbonyl (C=O) groups is 1. The molecule has 152 valence electrons. The molecule has 0 atom stereocenters. The number of ether oxygens (including phenoxy) is 3. The van der Waals surface area contributed by atoms with Crippen LogP contribution in [-0.4, -0.2) is 45.4 Å². The van der Waals surface area contributed by atoms with Gasteiger partial charge in [0.25, 0.3) is 5.91 Å². The van der Waals surface area contributed by atoms with Gasteiger partial charge in [-0.25, -0.2) is 0 Å². The molecule has 1 aliphatic rings. The molecule has 1 amide bonds. The summed E-state index contributed by atoms with van der Waals surface area (Å²) in [5, 5.41) is 2.95. The van der Waals surface area contributed by atoms with E-state index in [-0.39, 0.29) is 5.91 Å². The zero-order valence-electron chi connectivity index (χ0n) is 17.0. The molecule has 2 aromatic rings. The molecule has 0 radical (unpaired) electrons. The predicted molar refractivity (Wildman–Crippen MR) is 108 cm³/mol. The predicted octanol–water partition coefficient (Wildman–Crippen LogP) is 3.78. The minimum absolute atomic E-state index is 0.239. The van der Waals surface area contributed by atoms with Gasteiger partial charge in [-0.05, 0) is 33.8 Å². The summed E-state index contributed by atoms with van der Waals surface area (Å²) in [4.78, 5) is 15.0. The molecule has 1 aromatic carbocycles. The van der Waals surface area contributed by atoms with Crippen molar-refractivity contribution in [1.29, 1.82) is 0 Å². The number of morpholine rings is 1. The van der Waals surface area contributed by atoms with Crippen molar-refractivity contribution < 1.29 is 23.4 Å². The standard InChI is InChI=1S/C21H28N2O5/c1-5-26-19-13-18(23-7-9-25-10-8-23)20(27-6-2)12-17(19)22-21(24)16-11-14(3)28-15(16)4/h11-13H,5-10H2,1-4H3,(H,22,24). The zero-order chi connectivity index (χ0) is 20.1. The molecular weight excluding hydrogens is 360 g/mol. The number of anilines is 2. The Hall–Kier alpha value is -2.67. The van der Waals surface area contributed by atoms with Gasteiger partial charge in [0.1, 0.15) is 23.0 Å². The number of amides is 1. The fraction of sp³-hybridized carbons (Fsp3) is 0.476. The quantitative estimate of drug-likeness (QED) is 0.778. The van der Waals surface area contributed by atoms with Crippen molar-refractivity contribution in [2.45, 2.75) is 27.7 Å². The number of nitrogens with zero attached hydrogens (tertiary/aromatic N) is 1. The summed E-state index contributed by atoms with van der Waals surface area (Å²) < 4.78 is 22.6. The molecule has 7 nitrogen and oxygen atoms in total. The van der Waals surface area contributed by atoms with E-state index in [1.807, 2.05) is 32.9 Å². The van der Waals surface area contributed by atoms with Gasteiger partial charge in [-0.1, -0.05) is 0 Å². The largest absolute Gasteiger partial charge is 0.492 e. The summed E-state index contributed by atoms with van der Waals surface area (Å²) in [6.45, 7) is 11.4. The molecule has 3 rings (SSSR count). The zero-order valence-corrected chi connectivity index (χ0v) is 17.0. The molecule has 2 heterocycles. The van der Waals surface area contributed by atoms with Gasteiger partial charge in [-0.15, -0.1) is 0 Å². The van der Waals surface area contributed by atoms with Crippen molar-refractivity contribution >= 4 is 17.3 Å². The van der Waals surface area contributed by atoms with Crippen molar-refractivity contribution in [3.63, 3.8) is 0 Å². The van der Waals surface area contributed by atoms with Crippen molar-refractivity contribution in [3.05, 3.63) is 35.3 Å². The Morgan fingerprint density at radius 3 is 2.36 bits per heavy atom. The molecule has 1 aromatic heterocycles. The number of carbonyl (C=O) groups excluding carboxylic acids is 1. The van der Waals surface area contributed by atoms with Crippen LogP contribution in [0.15, 0.2) is 22.6 Å². The molecule has 1 N–H and O–H groups in total. The molecule has 0 aliphatic carbocycles. The molecule has 0 bridgehead atoms. The summed E-state index contributed by atoms with van der Waals surface area (Å²) in [5.41, 5.74) is 2.03. The summed E-state index contributed by atoms with van der Waals surface area (Å²) in [6.07, 6.45) is 0. The summed E-state index contributed by atoms with van der Waals surface area (Å²) in [7, 11) is 0. The minimum atomic E-state index is -0.239. The molecular formula is C21H28N2O5. The van der Waals surface area contributed by atoms with E-state index in [0.717, 1.165) is 18.8 Å². The normalized spacial score (nSPS) is 14.1. The van der Waals surface area contributed by atoms with Crippen LogP contribution in [0.4, 0.5) is 11.4 Å². The average molecular weight is 388 g/mol. The molecule has 1 fully saturated rings. The lowest BCUT2D eigenvalue weighted by atomic mass is 10.1. The highest BCUT2D eigenvalue weighted by Gasteiger charge is 2.21. The van der Waals surface area contributed by atoms with E-state index in [4.69, 9.17) is 18.6 Å². The lowest BCUT2D eigenvalue weighted by molar-refractivity contribution is 0.102. The Labute approximate surface area is 165 Å². The Bertz CT molecular complexity index is 824. The van der Waals surface area contributed by atoms with Gasteiger partial charge in [0.05, 0.1) is 43.4 Å². The highest BCUT2D eigenvalue weighted by atomic mass is 16.5. The smallest absolute Gasteiger partial charge is 0.259 e. The van der Waals surface area contributed by atoms with Gasteiger partial charge < -0.3 is 28.8 Å². The third-order valence-electron chi connectivity index (χ3n) is 4.55. The number of nitrogens with one attached hydrogen (secondary N) is 1. The Kier molecular flexibility index (Phi) is 6.46. The Morgan fingerprint density at radius 2 is 1.75 bits per heavy atom. The van der Waals surface area contributed by atoms with Gasteiger partial charge >= 0.3 is 0 Å². The second-order valence-electron chi connectivity index (χ2n) is 6.56. The van der Waals surface area contributed by atoms with Crippen LogP contribution in [0.25, 0.3) is 0 Å². The van der Waals surface area contributed by atoms with E-state index in [0.29, 0.717) is 60.7 Å². The molecule has 28 heavy (non-hydrogen) atoms. The van der Waals surface area contributed by atoms with Crippen LogP contribution in [0.3, 0.4) is 0 Å². The molecule has 7 heteroatoms. The summed E-state index contributed by atoms with van der Waals surface area (Å²) in [6, 6.07) is 5.50. The van der Waals surface area contributed by atoms with Gasteiger partial charge in [0.2, 0.25) is 0 Å². The van der Waals surface area contributed by atoms with Crippen molar-refractivity contribution in [2.75, 3.05) is 49.7 Å². The molecule has 0 spiro atoms. The summed E-state index contributed by atoms with van der Waals surface area (Å²) in [5.74, 6) is 2.37. The average Bonchev–Trinajstić information content (AvgIpc) is 3.03. The van der Waals surface area contributed by atoms with Gasteiger partial charge in [-0.2, -0.15) is 0 Å². The fourth-order valence-corrected chi connectivity index (χ4v) is 3.29. The monoisotopic (exact) mass is 388 g/mol. The van der Waals surface area contributed by atoms with E-state index >= 15 is 0 Å². The van der Waals surface area contributed by atoms with Crippen LogP contribution in [0, 0.1) is 13.8 Å². The van der Waals surface area contributed by atoms with Crippen LogP contribution < -0.4 is 19.7 Å². The highest BCUT2D eigenvalue weighted by Crippen LogP contribution is 2.39. The molecule has 0 saturated carbocycles. The third-order valence-corrected chi connectivity index (χ3v) is 4.55. The maximum atomic E-state index is 12.8. The maximum Gasteiger partial charge on any atom is 0.259 e. The first kappa shape index (κ1) is 20.1. The van der Waals surface area contributed by atoms with Crippen LogP contribution in [0.5, 0.6) is 11.5 Å². The minimum Gasteiger partial charge on any atom is -0.492 e. The lowest BCUT2D eigenvalue weighted by Crippen LogP contribution is -2.36. The van der Waals surface area contributed by atoms with Crippen molar-refractivity contribution in [3.8, 4) is 11.5 Å². The second kappa shape index (κ2) is 9.01. The first-order valence-electron chi connectivity index (χ1n) is 9.68. The first-order chi connectivity index (χ1) is 13.5. The van der Waals surface area contributed by atoms with Crippen molar-refractivity contribution in [1.82, 2.24) is 0 Å². The van der Waals surface area contributed by atoms with Gasteiger partial charge in [0.15, 0.2) is 0 Å². The van der Waals surface area contributed by atoms with Crippen LogP contribution >= 0.6 is 0 Å². The van der Waals surface area contributed by atoms with Crippen molar-refractivity contribution in [2.24, 2.45) is 0 Å². The van der Waals surface area contributed by atoms with Crippen LogP contribution in [0.2, 0.25) is 0 Å². The van der Waals surface area contributed by atoms with Gasteiger partial charge in [0, 0.05) is 25.2 Å². The lowest BCUT2D eigenvalue weighted by Gasteiger charge is -2.31. The SMILES string of the molecule is CCOc1cc(N2CCOCC2)c(OCC)cc1NC(=O)c1cc(C)oc1C. The fourth-order valence-electron chi connectivity index (χ4n) is 3.29. The number of hydrogen-bond acceptors (Lipinski definition) is 6. The van der Waals surface area contributed by atoms with Crippen LogP contribution in [-0.2, 0) is 4.74 Å². The Balaban J connectivity index is 1.95. The van der Waals surface area contributed by atoms with E-state index in [1.54, 1.807) is 13.0 Å². The number of furan rings is 1. The van der Waals surface area contributed by atoms with Gasteiger partial charge in [-0.3, -0.25) is 4.79 Å². The third kappa shape index (κ3) is 4.42. The Morgan fingerprint density at radius 1 is 1.07 bits per heavy atom. The van der Waals surface area contributed by atoms with E-state index in [9.17, 15) is 4.79 Å². The summed E-state index contributed by atoms with van der Waals surface area (Å²) >= 11 is 0. The second-order valence-corrected chi connectivity index (χ2v) is 6.56. The highest BCUT2D eigenvalue weighted by molar-refractivity contribution is 6.06. The van der Waals surface area contributed by atoms with E-state index < -0.39 is 0 Å². The molecule has 1 saturated heterocycles. The number of benzene rings is 1. The number of aryl methyl sites for hydroxylation is 2. The molecule has 1 aliphatic heterocycles. The maximum absolute atomic E-state index is 12.8.